The summed E-state index contributed by atoms with van der Waals surface area (Å²) in [6, 6.07) is -0.446. The second kappa shape index (κ2) is 7.63. The third-order valence-corrected chi connectivity index (χ3v) is 4.50. The summed E-state index contributed by atoms with van der Waals surface area (Å²) in [6.07, 6.45) is 6.88. The first-order chi connectivity index (χ1) is 8.58. The van der Waals surface area contributed by atoms with Crippen LogP contribution in [0.4, 0.5) is 4.79 Å². The molecule has 18 heavy (non-hydrogen) atoms. The van der Waals surface area contributed by atoms with E-state index in [-0.39, 0.29) is 11.9 Å². The van der Waals surface area contributed by atoms with Crippen molar-refractivity contribution in [3.05, 3.63) is 0 Å². The van der Waals surface area contributed by atoms with Crippen molar-refractivity contribution in [2.75, 3.05) is 13.3 Å². The number of thioether (sulfide) groups is 1. The number of amides is 3. The van der Waals surface area contributed by atoms with E-state index >= 15 is 0 Å². The molecule has 1 aliphatic rings. The molecule has 1 saturated carbocycles. The van der Waals surface area contributed by atoms with E-state index in [1.54, 1.807) is 6.92 Å². The molecule has 0 bridgehead atoms. The standard InChI is InChI=1S/C12H23N3O2S/c1-8(11(16)15-12(17)13-2)14-9-6-4-5-7-10(9)18-3/h8-10,14H,4-7H2,1-3H3,(H2,13,15,16,17). The van der Waals surface area contributed by atoms with Crippen molar-refractivity contribution < 1.29 is 9.59 Å². The monoisotopic (exact) mass is 273 g/mol. The van der Waals surface area contributed by atoms with Crippen LogP contribution in [0, 0.1) is 0 Å². The van der Waals surface area contributed by atoms with Crippen molar-refractivity contribution in [1.82, 2.24) is 16.0 Å². The highest BCUT2D eigenvalue weighted by Gasteiger charge is 2.27. The molecule has 0 saturated heterocycles. The van der Waals surface area contributed by atoms with Crippen LogP contribution in [0.5, 0.6) is 0 Å². The van der Waals surface area contributed by atoms with E-state index in [1.165, 1.54) is 26.3 Å². The summed E-state index contributed by atoms with van der Waals surface area (Å²) < 4.78 is 0. The number of hydrogen-bond acceptors (Lipinski definition) is 4. The van der Waals surface area contributed by atoms with Gasteiger partial charge in [0.15, 0.2) is 0 Å². The van der Waals surface area contributed by atoms with E-state index in [0.717, 1.165) is 6.42 Å². The lowest BCUT2D eigenvalue weighted by Crippen LogP contribution is -2.52. The quantitative estimate of drug-likeness (QED) is 0.717. The summed E-state index contributed by atoms with van der Waals surface area (Å²) >= 11 is 1.85. The molecule has 104 valence electrons. The van der Waals surface area contributed by atoms with Crippen LogP contribution < -0.4 is 16.0 Å². The number of rotatable bonds is 4. The first-order valence-electron chi connectivity index (χ1n) is 6.40. The minimum Gasteiger partial charge on any atom is -0.341 e. The molecule has 3 unspecified atom stereocenters. The van der Waals surface area contributed by atoms with E-state index < -0.39 is 6.03 Å². The second-order valence-electron chi connectivity index (χ2n) is 4.62. The lowest BCUT2D eigenvalue weighted by Gasteiger charge is -2.32. The highest BCUT2D eigenvalue weighted by atomic mass is 32.2. The molecule has 5 nitrogen and oxygen atoms in total. The van der Waals surface area contributed by atoms with Crippen LogP contribution in [0.1, 0.15) is 32.6 Å². The minimum atomic E-state index is -0.460. The Morgan fingerprint density at radius 1 is 1.28 bits per heavy atom. The van der Waals surface area contributed by atoms with E-state index in [4.69, 9.17) is 0 Å². The molecule has 0 spiro atoms. The van der Waals surface area contributed by atoms with Crippen molar-refractivity contribution in [3.63, 3.8) is 0 Å². The van der Waals surface area contributed by atoms with Crippen molar-refractivity contribution in [1.29, 1.82) is 0 Å². The van der Waals surface area contributed by atoms with Crippen LogP contribution in [0.2, 0.25) is 0 Å². The van der Waals surface area contributed by atoms with Crippen LogP contribution >= 0.6 is 11.8 Å². The Morgan fingerprint density at radius 2 is 1.94 bits per heavy atom. The van der Waals surface area contributed by atoms with Crippen molar-refractivity contribution in [2.24, 2.45) is 0 Å². The highest BCUT2D eigenvalue weighted by molar-refractivity contribution is 7.99. The van der Waals surface area contributed by atoms with Crippen molar-refractivity contribution in [3.8, 4) is 0 Å². The fourth-order valence-corrected chi connectivity index (χ4v) is 3.19. The Hall–Kier alpha value is -0.750. The predicted molar refractivity (Wildman–Crippen MR) is 74.8 cm³/mol. The smallest absolute Gasteiger partial charge is 0.321 e. The van der Waals surface area contributed by atoms with Gasteiger partial charge in [-0.25, -0.2) is 4.79 Å². The van der Waals surface area contributed by atoms with Gasteiger partial charge in [-0.3, -0.25) is 10.1 Å². The zero-order valence-corrected chi connectivity index (χ0v) is 12.1. The van der Waals surface area contributed by atoms with Crippen LogP contribution in [0.3, 0.4) is 0 Å². The molecule has 0 aromatic carbocycles. The van der Waals surface area contributed by atoms with Gasteiger partial charge in [-0.15, -0.1) is 0 Å². The van der Waals surface area contributed by atoms with Gasteiger partial charge in [-0.1, -0.05) is 12.8 Å². The first kappa shape index (κ1) is 15.3. The third kappa shape index (κ3) is 4.49. The van der Waals surface area contributed by atoms with Crippen LogP contribution in [0.15, 0.2) is 0 Å². The van der Waals surface area contributed by atoms with E-state index in [1.807, 2.05) is 11.8 Å². The summed E-state index contributed by atoms with van der Waals surface area (Å²) in [4.78, 5) is 22.8. The second-order valence-corrected chi connectivity index (χ2v) is 5.70. The van der Waals surface area contributed by atoms with E-state index in [0.29, 0.717) is 11.3 Å². The summed E-state index contributed by atoms with van der Waals surface area (Å²) in [5.74, 6) is -0.278. The molecule has 3 N–H and O–H groups in total. The van der Waals surface area contributed by atoms with Gasteiger partial charge in [0, 0.05) is 18.3 Å². The normalized spacial score (nSPS) is 25.3. The van der Waals surface area contributed by atoms with E-state index in [2.05, 4.69) is 22.2 Å². The molecule has 1 rings (SSSR count). The predicted octanol–water partition coefficient (Wildman–Crippen LogP) is 1.09. The molecule has 3 amide bonds. The molecule has 1 aliphatic carbocycles. The van der Waals surface area contributed by atoms with Gasteiger partial charge in [-0.2, -0.15) is 11.8 Å². The number of hydrogen-bond donors (Lipinski definition) is 3. The zero-order chi connectivity index (χ0) is 13.5. The Kier molecular flexibility index (Phi) is 6.49. The molecule has 0 radical (unpaired) electrons. The van der Waals surface area contributed by atoms with Gasteiger partial charge >= 0.3 is 6.03 Å². The van der Waals surface area contributed by atoms with Gasteiger partial charge in [0.1, 0.15) is 0 Å². The molecule has 3 atom stereocenters. The Labute approximate surface area is 113 Å². The molecule has 1 fully saturated rings. The molecular formula is C12H23N3O2S. The number of carbonyl (C=O) groups excluding carboxylic acids is 2. The zero-order valence-electron chi connectivity index (χ0n) is 11.3. The number of carbonyl (C=O) groups is 2. The summed E-state index contributed by atoms with van der Waals surface area (Å²) in [6.45, 7) is 1.80. The van der Waals surface area contributed by atoms with Crippen LogP contribution in [-0.2, 0) is 4.79 Å². The van der Waals surface area contributed by atoms with Gasteiger partial charge in [0.05, 0.1) is 6.04 Å². The minimum absolute atomic E-state index is 0.278. The molecule has 0 heterocycles. The fraction of sp³-hybridized carbons (Fsp3) is 0.833. The highest BCUT2D eigenvalue weighted by Crippen LogP contribution is 2.27. The maximum Gasteiger partial charge on any atom is 0.321 e. The molecule has 0 aliphatic heterocycles. The lowest BCUT2D eigenvalue weighted by atomic mass is 9.94. The van der Waals surface area contributed by atoms with Crippen LogP contribution in [-0.4, -0.2) is 42.6 Å². The topological polar surface area (TPSA) is 70.2 Å². The third-order valence-electron chi connectivity index (χ3n) is 3.33. The molecule has 6 heteroatoms. The SMILES string of the molecule is CNC(=O)NC(=O)C(C)NC1CCCCC1SC. The maximum atomic E-state index is 11.7. The average molecular weight is 273 g/mol. The summed E-state index contributed by atoms with van der Waals surface area (Å²) in [5.41, 5.74) is 0. The van der Waals surface area contributed by atoms with E-state index in [9.17, 15) is 9.59 Å². The van der Waals surface area contributed by atoms with Gasteiger partial charge in [0.2, 0.25) is 5.91 Å². The Morgan fingerprint density at radius 3 is 2.56 bits per heavy atom. The Bertz CT molecular complexity index is 299. The van der Waals surface area contributed by atoms with Crippen LogP contribution in [0.25, 0.3) is 0 Å². The van der Waals surface area contributed by atoms with Crippen molar-refractivity contribution in [2.45, 2.75) is 49.9 Å². The number of urea groups is 1. The largest absolute Gasteiger partial charge is 0.341 e. The molecule has 0 aromatic rings. The Balaban J connectivity index is 2.44. The lowest BCUT2D eigenvalue weighted by molar-refractivity contribution is -0.121. The van der Waals surface area contributed by atoms with Crippen molar-refractivity contribution >= 4 is 23.7 Å². The van der Waals surface area contributed by atoms with Gasteiger partial charge in [0.25, 0.3) is 0 Å². The first-order valence-corrected chi connectivity index (χ1v) is 7.68. The molecular weight excluding hydrogens is 250 g/mol. The number of nitrogens with one attached hydrogen (secondary N) is 3. The maximum absolute atomic E-state index is 11.7. The molecule has 0 aromatic heterocycles. The fourth-order valence-electron chi connectivity index (χ4n) is 2.25. The summed E-state index contributed by atoms with van der Waals surface area (Å²) in [5, 5.41) is 8.57. The van der Waals surface area contributed by atoms with Gasteiger partial charge in [-0.05, 0) is 26.0 Å². The average Bonchev–Trinajstić information content (AvgIpc) is 2.39. The van der Waals surface area contributed by atoms with Gasteiger partial charge < -0.3 is 10.6 Å². The number of imide groups is 1. The summed E-state index contributed by atoms with van der Waals surface area (Å²) in [7, 11) is 1.49.